The van der Waals surface area contributed by atoms with E-state index in [1.165, 1.54) is 6.07 Å². The summed E-state index contributed by atoms with van der Waals surface area (Å²) < 4.78 is 29.4. The minimum atomic E-state index is -0.509. The third kappa shape index (κ3) is 6.42. The van der Waals surface area contributed by atoms with Crippen molar-refractivity contribution in [3.05, 3.63) is 71.9 Å². The number of hydrogen-bond donors (Lipinski definition) is 1. The van der Waals surface area contributed by atoms with Gasteiger partial charge in [0.25, 0.3) is 0 Å². The standard InChI is InChI=1S/C31H36FN5O3/c1-20-14-21(15-30(38)35-22-18-34-37(19-22)31(2,3)4)26(32)17-29(20)40-28-8-11-33-27-7-6-24(16-25(27)28)39-23-9-12-36(5)13-10-23/h6-8,11,14,16-19,23H,9-10,12-13,15H2,1-5H3,(H,35,38). The van der Waals surface area contributed by atoms with Gasteiger partial charge in [0.05, 0.1) is 29.4 Å². The summed E-state index contributed by atoms with van der Waals surface area (Å²) >= 11 is 0. The van der Waals surface area contributed by atoms with Gasteiger partial charge in [-0.2, -0.15) is 5.10 Å². The number of hydrogen-bond acceptors (Lipinski definition) is 6. The number of fused-ring (bicyclic) bond motifs is 1. The summed E-state index contributed by atoms with van der Waals surface area (Å²) in [6, 6.07) is 10.5. The lowest BCUT2D eigenvalue weighted by atomic mass is 10.1. The van der Waals surface area contributed by atoms with Gasteiger partial charge in [-0.05, 0) is 89.0 Å². The second-order valence-corrected chi connectivity index (χ2v) is 11.5. The molecule has 0 radical (unpaired) electrons. The molecule has 210 valence electrons. The monoisotopic (exact) mass is 545 g/mol. The summed E-state index contributed by atoms with van der Waals surface area (Å²) in [5.41, 5.74) is 2.13. The van der Waals surface area contributed by atoms with Crippen molar-refractivity contribution in [1.82, 2.24) is 19.7 Å². The van der Waals surface area contributed by atoms with E-state index in [2.05, 4.69) is 27.3 Å². The van der Waals surface area contributed by atoms with Crippen LogP contribution in [0.5, 0.6) is 17.2 Å². The lowest BCUT2D eigenvalue weighted by Gasteiger charge is -2.29. The van der Waals surface area contributed by atoms with Crippen molar-refractivity contribution >= 4 is 22.5 Å². The number of pyridine rings is 1. The van der Waals surface area contributed by atoms with Gasteiger partial charge in [0.1, 0.15) is 29.2 Å². The van der Waals surface area contributed by atoms with Crippen molar-refractivity contribution in [3.63, 3.8) is 0 Å². The van der Waals surface area contributed by atoms with Gasteiger partial charge in [0.15, 0.2) is 0 Å². The van der Waals surface area contributed by atoms with Crippen molar-refractivity contribution < 1.29 is 18.7 Å². The Morgan fingerprint density at radius 1 is 1.12 bits per heavy atom. The number of piperidine rings is 1. The summed E-state index contributed by atoms with van der Waals surface area (Å²) in [5, 5.41) is 7.87. The first kappa shape index (κ1) is 27.6. The predicted molar refractivity (Wildman–Crippen MR) is 154 cm³/mol. The van der Waals surface area contributed by atoms with Crippen LogP contribution in [0.4, 0.5) is 10.1 Å². The largest absolute Gasteiger partial charge is 0.490 e. The number of amides is 1. The highest BCUT2D eigenvalue weighted by molar-refractivity contribution is 5.92. The Morgan fingerprint density at radius 3 is 2.62 bits per heavy atom. The van der Waals surface area contributed by atoms with Crippen molar-refractivity contribution in [2.75, 3.05) is 25.5 Å². The zero-order valence-electron chi connectivity index (χ0n) is 23.7. The number of aryl methyl sites for hydroxylation is 1. The van der Waals surface area contributed by atoms with E-state index >= 15 is 4.39 Å². The van der Waals surface area contributed by atoms with Crippen LogP contribution >= 0.6 is 0 Å². The lowest BCUT2D eigenvalue weighted by molar-refractivity contribution is -0.115. The van der Waals surface area contributed by atoms with Crippen molar-refractivity contribution in [2.45, 2.75) is 58.6 Å². The molecule has 1 saturated heterocycles. The Labute approximate surface area is 234 Å². The smallest absolute Gasteiger partial charge is 0.228 e. The maximum absolute atomic E-state index is 15.1. The summed E-state index contributed by atoms with van der Waals surface area (Å²) in [4.78, 5) is 19.4. The molecule has 9 heteroatoms. The minimum Gasteiger partial charge on any atom is -0.490 e. The molecule has 1 N–H and O–H groups in total. The average Bonchev–Trinajstić information content (AvgIpc) is 3.38. The van der Waals surface area contributed by atoms with Gasteiger partial charge in [0, 0.05) is 36.9 Å². The van der Waals surface area contributed by atoms with Crippen molar-refractivity contribution in [1.29, 1.82) is 0 Å². The first-order valence-electron chi connectivity index (χ1n) is 13.6. The zero-order valence-corrected chi connectivity index (χ0v) is 23.7. The number of aromatic nitrogens is 3. The summed E-state index contributed by atoms with van der Waals surface area (Å²) in [5.74, 6) is 0.866. The van der Waals surface area contributed by atoms with Gasteiger partial charge in [0.2, 0.25) is 5.91 Å². The molecule has 0 saturated carbocycles. The molecule has 3 heterocycles. The Balaban J connectivity index is 1.30. The number of nitrogens with one attached hydrogen (secondary N) is 1. The third-order valence-electron chi connectivity index (χ3n) is 7.11. The number of rotatable bonds is 7. The van der Waals surface area contributed by atoms with E-state index in [0.717, 1.165) is 42.6 Å². The highest BCUT2D eigenvalue weighted by Gasteiger charge is 2.20. The number of halogens is 1. The third-order valence-corrected chi connectivity index (χ3v) is 7.11. The van der Waals surface area contributed by atoms with E-state index in [9.17, 15) is 4.79 Å². The Bertz CT molecular complexity index is 1520. The topological polar surface area (TPSA) is 81.5 Å². The summed E-state index contributed by atoms with van der Waals surface area (Å²) in [7, 11) is 2.12. The molecule has 0 bridgehead atoms. The first-order valence-corrected chi connectivity index (χ1v) is 13.6. The van der Waals surface area contributed by atoms with Crippen LogP contribution < -0.4 is 14.8 Å². The van der Waals surface area contributed by atoms with Crippen LogP contribution in [0.3, 0.4) is 0 Å². The van der Waals surface area contributed by atoms with Gasteiger partial charge in [-0.25, -0.2) is 4.39 Å². The molecule has 4 aromatic rings. The van der Waals surface area contributed by atoms with E-state index in [-0.39, 0.29) is 24.0 Å². The number of nitrogens with zero attached hydrogens (tertiary/aromatic N) is 4. The molecule has 0 spiro atoms. The van der Waals surface area contributed by atoms with Gasteiger partial charge < -0.3 is 19.7 Å². The van der Waals surface area contributed by atoms with E-state index < -0.39 is 5.82 Å². The van der Waals surface area contributed by atoms with Crippen molar-refractivity contribution in [2.24, 2.45) is 0 Å². The van der Waals surface area contributed by atoms with Crippen LogP contribution in [0.2, 0.25) is 0 Å². The van der Waals surface area contributed by atoms with Crippen LogP contribution in [0.15, 0.2) is 55.0 Å². The van der Waals surface area contributed by atoms with Gasteiger partial charge in [-0.15, -0.1) is 0 Å². The molecule has 5 rings (SSSR count). The molecule has 1 fully saturated rings. The number of carbonyl (C=O) groups excluding carboxylic acids is 1. The fourth-order valence-corrected chi connectivity index (χ4v) is 4.78. The molecule has 0 unspecified atom stereocenters. The molecular formula is C31H36FN5O3. The van der Waals surface area contributed by atoms with Crippen molar-refractivity contribution in [3.8, 4) is 17.2 Å². The van der Waals surface area contributed by atoms with E-state index in [4.69, 9.17) is 9.47 Å². The number of carbonyl (C=O) groups is 1. The van der Waals surface area contributed by atoms with Gasteiger partial charge >= 0.3 is 0 Å². The van der Waals surface area contributed by atoms with Crippen LogP contribution in [0.1, 0.15) is 44.7 Å². The minimum absolute atomic E-state index is 0.108. The molecule has 40 heavy (non-hydrogen) atoms. The number of benzene rings is 2. The molecule has 2 aromatic carbocycles. The van der Waals surface area contributed by atoms with Crippen LogP contribution in [0, 0.1) is 12.7 Å². The fraction of sp³-hybridized carbons (Fsp3) is 0.387. The Morgan fingerprint density at radius 2 is 1.90 bits per heavy atom. The van der Waals surface area contributed by atoms with Gasteiger partial charge in [-0.1, -0.05) is 0 Å². The highest BCUT2D eigenvalue weighted by atomic mass is 19.1. The molecule has 0 atom stereocenters. The summed E-state index contributed by atoms with van der Waals surface area (Å²) in [6.07, 6.45) is 7.04. The molecule has 0 aliphatic carbocycles. The molecule has 1 aliphatic heterocycles. The number of anilines is 1. The second-order valence-electron chi connectivity index (χ2n) is 11.5. The van der Waals surface area contributed by atoms with Gasteiger partial charge in [-0.3, -0.25) is 14.5 Å². The maximum atomic E-state index is 15.1. The highest BCUT2D eigenvalue weighted by Crippen LogP contribution is 2.34. The molecule has 1 amide bonds. The SMILES string of the molecule is Cc1cc(CC(=O)Nc2cnn(C(C)(C)C)c2)c(F)cc1Oc1ccnc2ccc(OC3CCN(C)CC3)cc12. The molecule has 8 nitrogen and oxygen atoms in total. The van der Waals surface area contributed by atoms with Crippen LogP contribution in [-0.4, -0.2) is 51.8 Å². The normalized spacial score (nSPS) is 14.8. The van der Waals surface area contributed by atoms with E-state index in [1.54, 1.807) is 35.4 Å². The van der Waals surface area contributed by atoms with Crippen LogP contribution in [-0.2, 0) is 16.8 Å². The average molecular weight is 546 g/mol. The number of likely N-dealkylation sites (tertiary alicyclic amines) is 1. The summed E-state index contributed by atoms with van der Waals surface area (Å²) in [6.45, 7) is 9.92. The molecule has 1 aliphatic rings. The van der Waals surface area contributed by atoms with E-state index in [1.807, 2.05) is 45.9 Å². The fourth-order valence-electron chi connectivity index (χ4n) is 4.78. The number of ether oxygens (including phenoxy) is 2. The quantitative estimate of drug-likeness (QED) is 0.303. The Kier molecular flexibility index (Phi) is 7.76. The van der Waals surface area contributed by atoms with E-state index in [0.29, 0.717) is 28.3 Å². The molecular weight excluding hydrogens is 509 g/mol. The predicted octanol–water partition coefficient (Wildman–Crippen LogP) is 6.08. The van der Waals surface area contributed by atoms with Crippen LogP contribution in [0.25, 0.3) is 10.9 Å². The first-order chi connectivity index (χ1) is 19.0. The zero-order chi connectivity index (χ0) is 28.4. The second kappa shape index (κ2) is 11.3. The molecule has 2 aromatic heterocycles. The maximum Gasteiger partial charge on any atom is 0.228 e. The Hall–Kier alpha value is -3.98. The lowest BCUT2D eigenvalue weighted by Crippen LogP contribution is -2.35.